The molecule has 0 amide bonds. The van der Waals surface area contributed by atoms with E-state index < -0.39 is 18.4 Å². The molecule has 1 atom stereocenters. The van der Waals surface area contributed by atoms with Crippen molar-refractivity contribution < 1.29 is 23.8 Å². The summed E-state index contributed by atoms with van der Waals surface area (Å²) in [4.78, 5) is 21.8. The molecular formula is C12H22O5. The fourth-order valence-electron chi connectivity index (χ4n) is 1.74. The summed E-state index contributed by atoms with van der Waals surface area (Å²) in [6.07, 6.45) is 3.42. The lowest BCUT2D eigenvalue weighted by Crippen LogP contribution is -2.26. The number of carbonyl (C=O) groups excluding carboxylic acids is 2. The number of esters is 1. The summed E-state index contributed by atoms with van der Waals surface area (Å²) >= 11 is 0. The maximum absolute atomic E-state index is 11.3. The maximum Gasteiger partial charge on any atom is 0.511 e. The lowest BCUT2D eigenvalue weighted by atomic mass is 9.98. The van der Waals surface area contributed by atoms with Gasteiger partial charge >= 0.3 is 12.1 Å². The molecule has 100 valence electrons. The Bertz CT molecular complexity index is 245. The molecule has 0 aromatic heterocycles. The van der Waals surface area contributed by atoms with Crippen molar-refractivity contribution >= 4 is 12.1 Å². The molecule has 5 heteroatoms. The second kappa shape index (κ2) is 7.92. The van der Waals surface area contributed by atoms with Gasteiger partial charge in [-0.1, -0.05) is 13.8 Å². The molecule has 1 rings (SSSR count). The van der Waals surface area contributed by atoms with Crippen LogP contribution in [0.3, 0.4) is 0 Å². The highest BCUT2D eigenvalue weighted by atomic mass is 16.8. The molecule has 17 heavy (non-hydrogen) atoms. The monoisotopic (exact) mass is 246 g/mol. The van der Waals surface area contributed by atoms with Gasteiger partial charge in [0.15, 0.2) is 0 Å². The summed E-state index contributed by atoms with van der Waals surface area (Å²) in [7, 11) is 0. The van der Waals surface area contributed by atoms with Gasteiger partial charge in [0, 0.05) is 13.8 Å². The molecule has 1 aliphatic rings. The van der Waals surface area contributed by atoms with Gasteiger partial charge in [-0.2, -0.15) is 0 Å². The lowest BCUT2D eigenvalue weighted by Gasteiger charge is -2.22. The van der Waals surface area contributed by atoms with Gasteiger partial charge in [-0.15, -0.1) is 0 Å². The van der Waals surface area contributed by atoms with Crippen LogP contribution in [0.15, 0.2) is 0 Å². The van der Waals surface area contributed by atoms with Gasteiger partial charge in [0.1, 0.15) is 6.10 Å². The average molecular weight is 246 g/mol. The van der Waals surface area contributed by atoms with E-state index in [0.717, 1.165) is 25.7 Å². The highest BCUT2D eigenvalue weighted by Crippen LogP contribution is 2.20. The lowest BCUT2D eigenvalue weighted by molar-refractivity contribution is -0.166. The number of hydrogen-bond acceptors (Lipinski definition) is 5. The molecular weight excluding hydrogens is 224 g/mol. The standard InChI is InChI=1S/C11H18O5.CH4/c1-8(12)14-9(2)15-11(13)16-10-6-4-3-5-7-10;/h9-10H,3-7H2,1-2H3;1H4. The van der Waals surface area contributed by atoms with E-state index >= 15 is 0 Å². The molecule has 1 unspecified atom stereocenters. The van der Waals surface area contributed by atoms with E-state index in [-0.39, 0.29) is 13.5 Å². The Balaban J connectivity index is 0.00000256. The number of rotatable bonds is 3. The van der Waals surface area contributed by atoms with Crippen LogP contribution in [-0.2, 0) is 19.0 Å². The molecule has 0 aromatic carbocycles. The first kappa shape index (κ1) is 15.7. The SMILES string of the molecule is C.CC(=O)OC(C)OC(=O)OC1CCCCC1. The number of carbonyl (C=O) groups is 2. The van der Waals surface area contributed by atoms with Crippen molar-refractivity contribution in [2.45, 2.75) is 65.8 Å². The van der Waals surface area contributed by atoms with E-state index in [1.165, 1.54) is 20.3 Å². The topological polar surface area (TPSA) is 61.8 Å². The van der Waals surface area contributed by atoms with Crippen molar-refractivity contribution in [3.05, 3.63) is 0 Å². The smallest absolute Gasteiger partial charge is 0.431 e. The second-order valence-electron chi connectivity index (χ2n) is 3.92. The largest absolute Gasteiger partial charge is 0.511 e. The quantitative estimate of drug-likeness (QED) is 0.565. The van der Waals surface area contributed by atoms with Crippen molar-refractivity contribution in [3.8, 4) is 0 Å². The van der Waals surface area contributed by atoms with E-state index in [2.05, 4.69) is 4.74 Å². The van der Waals surface area contributed by atoms with Crippen molar-refractivity contribution in [2.24, 2.45) is 0 Å². The molecule has 5 nitrogen and oxygen atoms in total. The molecule has 0 bridgehead atoms. The third-order valence-corrected chi connectivity index (χ3v) is 2.41. The summed E-state index contributed by atoms with van der Waals surface area (Å²) in [6.45, 7) is 2.73. The molecule has 0 saturated heterocycles. The molecule has 0 N–H and O–H groups in total. The summed E-state index contributed by atoms with van der Waals surface area (Å²) < 4.78 is 14.5. The third kappa shape index (κ3) is 6.81. The van der Waals surface area contributed by atoms with Crippen LogP contribution in [0.4, 0.5) is 4.79 Å². The van der Waals surface area contributed by atoms with Crippen LogP contribution >= 0.6 is 0 Å². The first-order valence-electron chi connectivity index (χ1n) is 5.62. The fourth-order valence-corrected chi connectivity index (χ4v) is 1.74. The Morgan fingerprint density at radius 2 is 1.71 bits per heavy atom. The van der Waals surface area contributed by atoms with E-state index in [1.54, 1.807) is 0 Å². The minimum absolute atomic E-state index is 0. The van der Waals surface area contributed by atoms with Crippen molar-refractivity contribution in [2.75, 3.05) is 0 Å². The zero-order valence-corrected chi connectivity index (χ0v) is 9.73. The van der Waals surface area contributed by atoms with Crippen LogP contribution in [0.25, 0.3) is 0 Å². The fraction of sp³-hybridized carbons (Fsp3) is 0.833. The van der Waals surface area contributed by atoms with E-state index in [4.69, 9.17) is 9.47 Å². The van der Waals surface area contributed by atoms with E-state index in [1.807, 2.05) is 0 Å². The van der Waals surface area contributed by atoms with Gasteiger partial charge in [-0.05, 0) is 25.7 Å². The van der Waals surface area contributed by atoms with Crippen molar-refractivity contribution in [1.29, 1.82) is 0 Å². The molecule has 1 saturated carbocycles. The van der Waals surface area contributed by atoms with Gasteiger partial charge in [0.2, 0.25) is 6.29 Å². The van der Waals surface area contributed by atoms with Crippen molar-refractivity contribution in [3.63, 3.8) is 0 Å². The van der Waals surface area contributed by atoms with E-state index in [0.29, 0.717) is 0 Å². The van der Waals surface area contributed by atoms with E-state index in [9.17, 15) is 9.59 Å². The minimum Gasteiger partial charge on any atom is -0.431 e. The Kier molecular flexibility index (Phi) is 7.34. The second-order valence-corrected chi connectivity index (χ2v) is 3.92. The zero-order chi connectivity index (χ0) is 12.0. The maximum atomic E-state index is 11.3. The molecule has 0 aromatic rings. The van der Waals surface area contributed by atoms with Crippen molar-refractivity contribution in [1.82, 2.24) is 0 Å². The normalized spacial score (nSPS) is 17.5. The Hall–Kier alpha value is -1.26. The summed E-state index contributed by atoms with van der Waals surface area (Å²) in [5.74, 6) is -0.488. The Morgan fingerprint density at radius 3 is 2.24 bits per heavy atom. The first-order valence-corrected chi connectivity index (χ1v) is 5.62. The molecule has 0 spiro atoms. The van der Waals surface area contributed by atoms with Crippen LogP contribution in [0.5, 0.6) is 0 Å². The van der Waals surface area contributed by atoms with Crippen LogP contribution in [0.2, 0.25) is 0 Å². The van der Waals surface area contributed by atoms with Crippen LogP contribution in [0.1, 0.15) is 53.4 Å². The molecule has 0 heterocycles. The van der Waals surface area contributed by atoms with Gasteiger partial charge in [-0.3, -0.25) is 4.79 Å². The van der Waals surface area contributed by atoms with Crippen LogP contribution in [-0.4, -0.2) is 24.5 Å². The average Bonchev–Trinajstić information content (AvgIpc) is 2.17. The predicted octanol–water partition coefficient (Wildman–Crippen LogP) is 3.02. The zero-order valence-electron chi connectivity index (χ0n) is 9.73. The molecule has 0 radical (unpaired) electrons. The highest BCUT2D eigenvalue weighted by molar-refractivity contribution is 5.66. The summed E-state index contributed by atoms with van der Waals surface area (Å²) in [5.41, 5.74) is 0. The molecule has 1 fully saturated rings. The predicted molar refractivity (Wildman–Crippen MR) is 62.4 cm³/mol. The molecule has 1 aliphatic carbocycles. The molecule has 0 aliphatic heterocycles. The first-order chi connectivity index (χ1) is 7.58. The highest BCUT2D eigenvalue weighted by Gasteiger charge is 2.20. The minimum atomic E-state index is -0.895. The van der Waals surface area contributed by atoms with Gasteiger partial charge < -0.3 is 14.2 Å². The van der Waals surface area contributed by atoms with Gasteiger partial charge in [-0.25, -0.2) is 4.79 Å². The third-order valence-electron chi connectivity index (χ3n) is 2.41. The van der Waals surface area contributed by atoms with Crippen LogP contribution < -0.4 is 0 Å². The van der Waals surface area contributed by atoms with Crippen LogP contribution in [0, 0.1) is 0 Å². The van der Waals surface area contributed by atoms with Gasteiger partial charge in [0.25, 0.3) is 0 Å². The number of hydrogen-bond donors (Lipinski definition) is 0. The van der Waals surface area contributed by atoms with Gasteiger partial charge in [0.05, 0.1) is 0 Å². The summed E-state index contributed by atoms with van der Waals surface area (Å²) in [6, 6.07) is 0. The Morgan fingerprint density at radius 1 is 1.12 bits per heavy atom. The Labute approximate surface area is 102 Å². The summed E-state index contributed by atoms with van der Waals surface area (Å²) in [5, 5.41) is 0. The number of ether oxygens (including phenoxy) is 3.